The number of alkyl halides is 1. The van der Waals surface area contributed by atoms with Crippen molar-refractivity contribution in [3.63, 3.8) is 0 Å². The van der Waals surface area contributed by atoms with Crippen molar-refractivity contribution in [2.75, 3.05) is 25.0 Å². The monoisotopic (exact) mass is 359 g/mol. The van der Waals surface area contributed by atoms with Gasteiger partial charge in [-0.05, 0) is 39.8 Å². The number of piperidine rings is 1. The minimum Gasteiger partial charge on any atom is -0.474 e. The number of halogens is 1. The first-order valence-corrected chi connectivity index (χ1v) is 8.49. The van der Waals surface area contributed by atoms with Crippen LogP contribution in [0.1, 0.15) is 26.7 Å². The zero-order valence-corrected chi connectivity index (χ0v) is 14.9. The molecule has 0 unspecified atom stereocenters. The third-order valence-electron chi connectivity index (χ3n) is 4.29. The second-order valence-electron chi connectivity index (χ2n) is 6.88. The van der Waals surface area contributed by atoms with E-state index in [0.717, 1.165) is 0 Å². The minimum absolute atomic E-state index is 0.0283. The lowest BCUT2D eigenvalue weighted by molar-refractivity contribution is 0.0519. The SMILES string of the molecule is CC(C)(C#N)n1cc(Nc2nccc(OCC3(F)CCNCC3)n2)cn1. The predicted octanol–water partition coefficient (Wildman–Crippen LogP) is 2.15. The summed E-state index contributed by atoms with van der Waals surface area (Å²) < 4.78 is 21.7. The molecule has 0 bridgehead atoms. The topological polar surface area (TPSA) is 101 Å². The van der Waals surface area contributed by atoms with Gasteiger partial charge in [0.05, 0.1) is 24.2 Å². The fourth-order valence-corrected chi connectivity index (χ4v) is 2.58. The Morgan fingerprint density at radius 1 is 1.46 bits per heavy atom. The average Bonchev–Trinajstić information content (AvgIpc) is 3.10. The Labute approximate surface area is 151 Å². The molecule has 8 nitrogen and oxygen atoms in total. The van der Waals surface area contributed by atoms with Crippen molar-refractivity contribution in [1.29, 1.82) is 5.26 Å². The van der Waals surface area contributed by atoms with Crippen molar-refractivity contribution in [1.82, 2.24) is 25.1 Å². The highest BCUT2D eigenvalue weighted by atomic mass is 19.1. The highest BCUT2D eigenvalue weighted by Crippen LogP contribution is 2.25. The maximum absolute atomic E-state index is 14.6. The molecule has 0 radical (unpaired) electrons. The lowest BCUT2D eigenvalue weighted by atomic mass is 9.96. The van der Waals surface area contributed by atoms with Crippen molar-refractivity contribution >= 4 is 11.6 Å². The van der Waals surface area contributed by atoms with Crippen LogP contribution in [-0.2, 0) is 5.54 Å². The van der Waals surface area contributed by atoms with Crippen molar-refractivity contribution in [2.45, 2.75) is 37.9 Å². The summed E-state index contributed by atoms with van der Waals surface area (Å²) in [5, 5.41) is 19.5. The van der Waals surface area contributed by atoms with Crippen LogP contribution in [0.4, 0.5) is 16.0 Å². The third-order valence-corrected chi connectivity index (χ3v) is 4.29. The standard InChI is InChI=1S/C17H22FN7O/c1-16(2,11-19)25-10-13(9-22-25)23-15-21-6-3-14(24-15)26-12-17(18)4-7-20-8-5-17/h3,6,9-10,20H,4-5,7-8,12H2,1-2H3,(H,21,23,24). The van der Waals surface area contributed by atoms with Crippen LogP contribution in [0.2, 0.25) is 0 Å². The summed E-state index contributed by atoms with van der Waals surface area (Å²) in [6.45, 7) is 4.81. The molecule has 138 valence electrons. The fourth-order valence-electron chi connectivity index (χ4n) is 2.58. The van der Waals surface area contributed by atoms with Crippen LogP contribution in [-0.4, -0.2) is 45.1 Å². The molecule has 1 fully saturated rings. The second-order valence-corrected chi connectivity index (χ2v) is 6.88. The van der Waals surface area contributed by atoms with Crippen LogP contribution in [0, 0.1) is 11.3 Å². The number of hydrogen-bond acceptors (Lipinski definition) is 7. The Balaban J connectivity index is 1.63. The van der Waals surface area contributed by atoms with Crippen LogP contribution in [0.5, 0.6) is 5.88 Å². The normalized spacial score (nSPS) is 16.7. The van der Waals surface area contributed by atoms with E-state index in [2.05, 4.69) is 31.8 Å². The largest absolute Gasteiger partial charge is 0.474 e. The molecule has 2 aromatic rings. The third kappa shape index (κ3) is 4.26. The van der Waals surface area contributed by atoms with Gasteiger partial charge in [-0.2, -0.15) is 15.3 Å². The van der Waals surface area contributed by atoms with Crippen LogP contribution >= 0.6 is 0 Å². The van der Waals surface area contributed by atoms with Gasteiger partial charge in [-0.3, -0.25) is 4.68 Å². The molecule has 0 aliphatic carbocycles. The Bertz CT molecular complexity index is 792. The minimum atomic E-state index is -1.33. The highest BCUT2D eigenvalue weighted by molar-refractivity contribution is 5.50. The quantitative estimate of drug-likeness (QED) is 0.815. The lowest BCUT2D eigenvalue weighted by Gasteiger charge is -2.29. The zero-order chi connectivity index (χ0) is 18.6. The van der Waals surface area contributed by atoms with Crippen molar-refractivity contribution < 1.29 is 9.13 Å². The summed E-state index contributed by atoms with van der Waals surface area (Å²) >= 11 is 0. The van der Waals surface area contributed by atoms with Crippen molar-refractivity contribution in [3.05, 3.63) is 24.7 Å². The summed E-state index contributed by atoms with van der Waals surface area (Å²) in [4.78, 5) is 8.38. The zero-order valence-electron chi connectivity index (χ0n) is 14.9. The summed E-state index contributed by atoms with van der Waals surface area (Å²) in [5.74, 6) is 0.623. The number of hydrogen-bond donors (Lipinski definition) is 2. The van der Waals surface area contributed by atoms with Gasteiger partial charge < -0.3 is 15.4 Å². The van der Waals surface area contributed by atoms with Crippen LogP contribution in [0.3, 0.4) is 0 Å². The molecule has 3 heterocycles. The Morgan fingerprint density at radius 2 is 2.23 bits per heavy atom. The maximum atomic E-state index is 14.6. The summed E-state index contributed by atoms with van der Waals surface area (Å²) in [6.07, 6.45) is 5.68. The lowest BCUT2D eigenvalue weighted by Crippen LogP contribution is -2.42. The van der Waals surface area contributed by atoms with E-state index in [4.69, 9.17) is 10.00 Å². The molecule has 3 rings (SSSR count). The molecular formula is C17H22FN7O. The van der Waals surface area contributed by atoms with Crippen molar-refractivity contribution in [3.8, 4) is 11.9 Å². The van der Waals surface area contributed by atoms with Gasteiger partial charge in [0.15, 0.2) is 0 Å². The molecule has 9 heteroatoms. The van der Waals surface area contributed by atoms with Gasteiger partial charge in [-0.25, -0.2) is 9.37 Å². The molecular weight excluding hydrogens is 337 g/mol. The second kappa shape index (κ2) is 7.25. The van der Waals surface area contributed by atoms with E-state index in [1.54, 1.807) is 43.2 Å². The number of ether oxygens (including phenoxy) is 1. The highest BCUT2D eigenvalue weighted by Gasteiger charge is 2.32. The summed E-state index contributed by atoms with van der Waals surface area (Å²) in [7, 11) is 0. The van der Waals surface area contributed by atoms with E-state index in [-0.39, 0.29) is 6.61 Å². The van der Waals surface area contributed by atoms with E-state index in [1.807, 2.05) is 0 Å². The van der Waals surface area contributed by atoms with E-state index >= 15 is 0 Å². The first-order valence-electron chi connectivity index (χ1n) is 8.49. The number of nitriles is 1. The van der Waals surface area contributed by atoms with Gasteiger partial charge in [0.1, 0.15) is 17.8 Å². The van der Waals surface area contributed by atoms with Crippen LogP contribution < -0.4 is 15.4 Å². The molecule has 0 atom stereocenters. The summed E-state index contributed by atoms with van der Waals surface area (Å²) in [5.41, 5.74) is -1.44. The fraction of sp³-hybridized carbons (Fsp3) is 0.529. The molecule has 26 heavy (non-hydrogen) atoms. The molecule has 2 aromatic heterocycles. The van der Waals surface area contributed by atoms with E-state index < -0.39 is 11.2 Å². The number of rotatable bonds is 6. The van der Waals surface area contributed by atoms with Gasteiger partial charge in [-0.1, -0.05) is 0 Å². The Kier molecular flexibility index (Phi) is 5.04. The first kappa shape index (κ1) is 18.1. The molecule has 1 aliphatic heterocycles. The van der Waals surface area contributed by atoms with Crippen molar-refractivity contribution in [2.24, 2.45) is 0 Å². The molecule has 0 spiro atoms. The van der Waals surface area contributed by atoms with Crippen LogP contribution in [0.25, 0.3) is 0 Å². The predicted molar refractivity (Wildman–Crippen MR) is 93.9 cm³/mol. The van der Waals surface area contributed by atoms with Gasteiger partial charge in [-0.15, -0.1) is 0 Å². The summed E-state index contributed by atoms with van der Waals surface area (Å²) in [6, 6.07) is 3.77. The van der Waals surface area contributed by atoms with Crippen LogP contribution in [0.15, 0.2) is 24.7 Å². The van der Waals surface area contributed by atoms with E-state index in [9.17, 15) is 4.39 Å². The van der Waals surface area contributed by atoms with E-state index in [1.165, 1.54) is 0 Å². The first-order chi connectivity index (χ1) is 12.4. The van der Waals surface area contributed by atoms with Gasteiger partial charge in [0.2, 0.25) is 11.8 Å². The number of nitrogens with one attached hydrogen (secondary N) is 2. The number of aromatic nitrogens is 4. The molecule has 0 aromatic carbocycles. The number of anilines is 2. The Hall–Kier alpha value is -2.73. The van der Waals surface area contributed by atoms with Gasteiger partial charge in [0.25, 0.3) is 0 Å². The van der Waals surface area contributed by atoms with Gasteiger partial charge >= 0.3 is 0 Å². The molecule has 0 amide bonds. The molecule has 2 N–H and O–H groups in total. The average molecular weight is 359 g/mol. The maximum Gasteiger partial charge on any atom is 0.230 e. The van der Waals surface area contributed by atoms with Gasteiger partial charge in [0, 0.05) is 12.3 Å². The smallest absolute Gasteiger partial charge is 0.230 e. The number of nitrogens with zero attached hydrogens (tertiary/aromatic N) is 5. The Morgan fingerprint density at radius 3 is 2.96 bits per heavy atom. The molecule has 1 saturated heterocycles. The molecule has 1 aliphatic rings. The molecule has 0 saturated carbocycles. The van der Waals surface area contributed by atoms with E-state index in [0.29, 0.717) is 43.4 Å².